The summed E-state index contributed by atoms with van der Waals surface area (Å²) in [5, 5.41) is 23.6. The molecule has 1 aliphatic rings. The molecular weight excluding hydrogens is 817 g/mol. The molecule has 5 aromatic rings. The van der Waals surface area contributed by atoms with Crippen molar-refractivity contribution in [2.75, 3.05) is 6.54 Å². The predicted molar refractivity (Wildman–Crippen MR) is 221 cm³/mol. The summed E-state index contributed by atoms with van der Waals surface area (Å²) in [5.41, 5.74) is 1.72. The number of nitrogens with one attached hydrogen (secondary N) is 1. The van der Waals surface area contributed by atoms with Crippen LogP contribution in [0.4, 0.5) is 0 Å². The topological polar surface area (TPSA) is 214 Å². The highest BCUT2D eigenvalue weighted by Crippen LogP contribution is 2.33. The molecular formula is C47H44N2O14. The molecule has 1 fully saturated rings. The number of aliphatic carboxylic acids is 2. The number of amides is 2. The number of hydrogen-bond acceptors (Lipinski definition) is 12. The largest absolute Gasteiger partial charge is 0.479 e. The van der Waals surface area contributed by atoms with Crippen molar-refractivity contribution in [3.63, 3.8) is 0 Å². The molecule has 1 aliphatic heterocycles. The second-order valence-corrected chi connectivity index (χ2v) is 14.2. The van der Waals surface area contributed by atoms with Crippen molar-refractivity contribution in [3.8, 4) is 0 Å². The van der Waals surface area contributed by atoms with Crippen LogP contribution in [0.25, 0.3) is 0 Å². The second kappa shape index (κ2) is 22.6. The van der Waals surface area contributed by atoms with Crippen LogP contribution < -0.4 is 5.32 Å². The average Bonchev–Trinajstić information content (AvgIpc) is 3.31. The van der Waals surface area contributed by atoms with Crippen LogP contribution in [0.5, 0.6) is 0 Å². The Balaban J connectivity index is 1.31. The normalized spacial score (nSPS) is 16.7. The number of carbonyl (C=O) groups excluding carboxylic acids is 4. The monoisotopic (exact) mass is 860 g/mol. The third kappa shape index (κ3) is 12.4. The minimum atomic E-state index is -2.33. The number of rotatable bonds is 20. The summed E-state index contributed by atoms with van der Waals surface area (Å²) in [5.74, 6) is -7.64. The zero-order valence-electron chi connectivity index (χ0n) is 33.7. The molecule has 2 amide bonds. The molecule has 0 aliphatic carbocycles. The maximum atomic E-state index is 14.9. The van der Waals surface area contributed by atoms with Gasteiger partial charge < -0.3 is 29.9 Å². The van der Waals surface area contributed by atoms with Crippen LogP contribution in [-0.4, -0.2) is 87.8 Å². The van der Waals surface area contributed by atoms with Crippen LogP contribution in [0, 0.1) is 0 Å². The first-order chi connectivity index (χ1) is 30.6. The van der Waals surface area contributed by atoms with E-state index in [1.165, 1.54) is 41.3 Å². The highest BCUT2D eigenvalue weighted by molar-refractivity contribution is 5.97. The van der Waals surface area contributed by atoms with Gasteiger partial charge in [0.05, 0.1) is 23.2 Å². The molecule has 5 aromatic carbocycles. The Morgan fingerprint density at radius 2 is 0.984 bits per heavy atom. The molecule has 16 nitrogen and oxygen atoms in total. The average molecular weight is 861 g/mol. The van der Waals surface area contributed by atoms with Gasteiger partial charge >= 0.3 is 23.9 Å². The summed E-state index contributed by atoms with van der Waals surface area (Å²) < 4.78 is 11.1. The summed E-state index contributed by atoms with van der Waals surface area (Å²) >= 11 is 0. The van der Waals surface area contributed by atoms with Gasteiger partial charge in [0.2, 0.25) is 24.4 Å². The fourth-order valence-corrected chi connectivity index (χ4v) is 6.84. The molecule has 1 heterocycles. The Labute approximate surface area is 361 Å². The van der Waals surface area contributed by atoms with E-state index in [1.807, 2.05) is 0 Å². The van der Waals surface area contributed by atoms with Crippen LogP contribution in [-0.2, 0) is 61.4 Å². The van der Waals surface area contributed by atoms with Gasteiger partial charge in [-0.25, -0.2) is 38.7 Å². The lowest BCUT2D eigenvalue weighted by Crippen LogP contribution is -2.59. The van der Waals surface area contributed by atoms with Crippen molar-refractivity contribution in [3.05, 3.63) is 179 Å². The first-order valence-corrected chi connectivity index (χ1v) is 19.9. The van der Waals surface area contributed by atoms with Crippen molar-refractivity contribution in [1.82, 2.24) is 10.2 Å². The van der Waals surface area contributed by atoms with Gasteiger partial charge in [0.1, 0.15) is 13.2 Å². The van der Waals surface area contributed by atoms with Gasteiger partial charge in [-0.15, -0.1) is 0 Å². The minimum Gasteiger partial charge on any atom is -0.479 e. The van der Waals surface area contributed by atoms with E-state index in [4.69, 9.17) is 29.0 Å². The SMILES string of the molecule is O=C(OC(C(=O)O)C(OC(=O)c1ccccc1)C(=O)N1CCCC(NC(=O)[C@@H](OOCc2ccccc2)[C@H](OOCc2ccccc2)C(=O)O)C1c1ccccc1)c1ccccc1. The third-order valence-electron chi connectivity index (χ3n) is 9.89. The first-order valence-electron chi connectivity index (χ1n) is 19.9. The number of hydrogen-bond donors (Lipinski definition) is 3. The molecule has 6 rings (SSSR count). The Bertz CT molecular complexity index is 2280. The number of benzene rings is 5. The molecule has 63 heavy (non-hydrogen) atoms. The van der Waals surface area contributed by atoms with Crippen LogP contribution >= 0.6 is 0 Å². The third-order valence-corrected chi connectivity index (χ3v) is 9.89. The van der Waals surface area contributed by atoms with Gasteiger partial charge in [0, 0.05) is 6.54 Å². The quantitative estimate of drug-likeness (QED) is 0.0502. The number of esters is 2. The van der Waals surface area contributed by atoms with Gasteiger partial charge in [0.25, 0.3) is 11.8 Å². The summed E-state index contributed by atoms with van der Waals surface area (Å²) in [6, 6.07) is 38.8. The van der Waals surface area contributed by atoms with Crippen molar-refractivity contribution < 1.29 is 68.0 Å². The number of carboxylic acids is 2. The molecule has 326 valence electrons. The van der Waals surface area contributed by atoms with Crippen molar-refractivity contribution in [2.24, 2.45) is 0 Å². The first kappa shape index (κ1) is 45.3. The maximum Gasteiger partial charge on any atom is 0.349 e. The summed E-state index contributed by atoms with van der Waals surface area (Å²) in [4.78, 5) is 104. The van der Waals surface area contributed by atoms with Gasteiger partial charge in [-0.1, -0.05) is 127 Å². The fraction of sp³-hybridized carbons (Fsp3) is 0.234. The number of carboxylic acid groups (broad SMARTS) is 2. The van der Waals surface area contributed by atoms with E-state index in [9.17, 15) is 39.0 Å². The Morgan fingerprint density at radius 1 is 0.556 bits per heavy atom. The number of likely N-dealkylation sites (tertiary alicyclic amines) is 1. The van der Waals surface area contributed by atoms with E-state index < -0.39 is 72.2 Å². The zero-order chi connectivity index (χ0) is 44.6. The molecule has 0 aromatic heterocycles. The van der Waals surface area contributed by atoms with E-state index in [-0.39, 0.29) is 43.7 Å². The zero-order valence-corrected chi connectivity index (χ0v) is 33.7. The highest BCUT2D eigenvalue weighted by atomic mass is 17.2. The van der Waals surface area contributed by atoms with E-state index in [1.54, 1.807) is 115 Å². The van der Waals surface area contributed by atoms with E-state index in [2.05, 4.69) is 5.32 Å². The Kier molecular flexibility index (Phi) is 16.2. The highest BCUT2D eigenvalue weighted by Gasteiger charge is 2.48. The van der Waals surface area contributed by atoms with Gasteiger partial charge in [0.15, 0.2) is 0 Å². The maximum absolute atomic E-state index is 14.9. The lowest BCUT2D eigenvalue weighted by molar-refractivity contribution is -0.385. The lowest BCUT2D eigenvalue weighted by Gasteiger charge is -2.43. The molecule has 0 saturated carbocycles. The van der Waals surface area contributed by atoms with Crippen LogP contribution in [0.3, 0.4) is 0 Å². The minimum absolute atomic E-state index is 0.0132. The van der Waals surface area contributed by atoms with E-state index in [0.29, 0.717) is 16.7 Å². The van der Waals surface area contributed by atoms with Gasteiger partial charge in [-0.05, 0) is 53.8 Å². The van der Waals surface area contributed by atoms with Gasteiger partial charge in [-0.2, -0.15) is 0 Å². The predicted octanol–water partition coefficient (Wildman–Crippen LogP) is 5.49. The Hall–Kier alpha value is -7.24. The Morgan fingerprint density at radius 3 is 1.46 bits per heavy atom. The van der Waals surface area contributed by atoms with Crippen LogP contribution in [0.2, 0.25) is 0 Å². The summed E-state index contributed by atoms with van der Waals surface area (Å²) in [7, 11) is 0. The molecule has 0 spiro atoms. The standard InChI is InChI=1S/C47H44N2O14/c50-42(38(62-58-29-31-17-6-1-7-18-31)41(45(54)55)63-59-30-32-19-8-2-9-20-32)48-36-27-16-28-49(37(36)33-21-10-3-11-22-33)43(51)39(60-46(56)34-23-12-4-13-24-34)40(44(52)53)61-47(57)35-25-14-5-15-26-35/h1-15,17-26,36-41H,16,27-30H2,(H,48,50)(H,52,53)(H,54,55)/t36?,37?,38-,39?,40?,41-/m0/s1. The molecule has 1 saturated heterocycles. The van der Waals surface area contributed by atoms with E-state index in [0.717, 1.165) is 0 Å². The number of ether oxygens (including phenoxy) is 2. The smallest absolute Gasteiger partial charge is 0.349 e. The fourth-order valence-electron chi connectivity index (χ4n) is 6.84. The molecule has 6 atom stereocenters. The molecule has 3 N–H and O–H groups in total. The van der Waals surface area contributed by atoms with Crippen molar-refractivity contribution >= 4 is 35.7 Å². The molecule has 0 bridgehead atoms. The molecule has 0 radical (unpaired) electrons. The van der Waals surface area contributed by atoms with E-state index >= 15 is 0 Å². The number of piperidine rings is 1. The summed E-state index contributed by atoms with van der Waals surface area (Å²) in [6.07, 6.45) is -8.17. The lowest BCUT2D eigenvalue weighted by atomic mass is 9.89. The number of carbonyl (C=O) groups is 6. The van der Waals surface area contributed by atoms with Crippen molar-refractivity contribution in [2.45, 2.75) is 62.6 Å². The van der Waals surface area contributed by atoms with Crippen LogP contribution in [0.15, 0.2) is 152 Å². The molecule has 16 heteroatoms. The van der Waals surface area contributed by atoms with Crippen molar-refractivity contribution in [1.29, 1.82) is 0 Å². The van der Waals surface area contributed by atoms with Gasteiger partial charge in [-0.3, -0.25) is 9.59 Å². The molecule has 4 unspecified atom stereocenters. The number of nitrogens with zero attached hydrogens (tertiary/aromatic N) is 1. The second-order valence-electron chi connectivity index (χ2n) is 14.2. The van der Waals surface area contributed by atoms with Crippen LogP contribution in [0.1, 0.15) is 56.3 Å². The summed E-state index contributed by atoms with van der Waals surface area (Å²) in [6.45, 7) is -0.381.